The van der Waals surface area contributed by atoms with Crippen molar-refractivity contribution in [3.63, 3.8) is 0 Å². The van der Waals surface area contributed by atoms with Crippen molar-refractivity contribution < 1.29 is 14.6 Å². The van der Waals surface area contributed by atoms with Crippen LogP contribution in [0.2, 0.25) is 0 Å². The average molecular weight is 377 g/mol. The van der Waals surface area contributed by atoms with Crippen molar-refractivity contribution in [1.29, 1.82) is 0 Å². The van der Waals surface area contributed by atoms with Crippen LogP contribution in [0.4, 0.5) is 5.69 Å². The van der Waals surface area contributed by atoms with E-state index >= 15 is 0 Å². The van der Waals surface area contributed by atoms with Gasteiger partial charge in [0.2, 0.25) is 0 Å². The second-order valence-corrected chi connectivity index (χ2v) is 7.12. The SMILES string of the molecule is CCCCC(O)=C1C(=O)C[C@H](c2ccccc2)CC1=Nc1ccc(OC)cc1. The van der Waals surface area contributed by atoms with E-state index in [4.69, 9.17) is 9.73 Å². The fraction of sp³-hybridized carbons (Fsp3) is 0.333. The molecule has 1 aliphatic rings. The number of benzene rings is 2. The predicted molar refractivity (Wildman–Crippen MR) is 113 cm³/mol. The van der Waals surface area contributed by atoms with Crippen molar-refractivity contribution in [2.75, 3.05) is 7.11 Å². The molecule has 0 radical (unpaired) electrons. The molecular formula is C24H27NO3. The highest BCUT2D eigenvalue weighted by atomic mass is 16.5. The number of Topliss-reactive ketones (excluding diaryl/α,β-unsaturated/α-hetero) is 1. The number of allylic oxidation sites excluding steroid dienone is 2. The third kappa shape index (κ3) is 4.69. The third-order valence-electron chi connectivity index (χ3n) is 5.10. The molecule has 28 heavy (non-hydrogen) atoms. The van der Waals surface area contributed by atoms with Crippen LogP contribution in [-0.4, -0.2) is 23.7 Å². The smallest absolute Gasteiger partial charge is 0.168 e. The van der Waals surface area contributed by atoms with Gasteiger partial charge in [0.1, 0.15) is 11.5 Å². The first-order valence-corrected chi connectivity index (χ1v) is 9.84. The van der Waals surface area contributed by atoms with E-state index in [1.807, 2.05) is 42.5 Å². The number of hydrogen-bond acceptors (Lipinski definition) is 4. The first kappa shape index (κ1) is 19.9. The molecular weight excluding hydrogens is 350 g/mol. The Morgan fingerprint density at radius 1 is 1.11 bits per heavy atom. The molecule has 1 N–H and O–H groups in total. The van der Waals surface area contributed by atoms with Crippen LogP contribution < -0.4 is 4.74 Å². The Morgan fingerprint density at radius 3 is 2.46 bits per heavy atom. The lowest BCUT2D eigenvalue weighted by Crippen LogP contribution is -2.26. The van der Waals surface area contributed by atoms with E-state index in [-0.39, 0.29) is 17.5 Å². The molecule has 1 fully saturated rings. The van der Waals surface area contributed by atoms with Crippen LogP contribution in [0.1, 0.15) is 50.5 Å². The Labute approximate surface area is 166 Å². The number of ketones is 1. The molecule has 0 heterocycles. The van der Waals surface area contributed by atoms with Gasteiger partial charge in [-0.15, -0.1) is 0 Å². The molecule has 0 amide bonds. The Morgan fingerprint density at radius 2 is 1.82 bits per heavy atom. The summed E-state index contributed by atoms with van der Waals surface area (Å²) in [6.07, 6.45) is 3.35. The van der Waals surface area contributed by atoms with Gasteiger partial charge in [0.25, 0.3) is 0 Å². The van der Waals surface area contributed by atoms with Crippen LogP contribution in [0.15, 0.2) is 70.9 Å². The van der Waals surface area contributed by atoms with Gasteiger partial charge in [-0.25, -0.2) is 0 Å². The predicted octanol–water partition coefficient (Wildman–Crippen LogP) is 5.92. The van der Waals surface area contributed by atoms with Crippen molar-refractivity contribution in [2.24, 2.45) is 4.99 Å². The van der Waals surface area contributed by atoms with Gasteiger partial charge in [0.05, 0.1) is 24.1 Å². The summed E-state index contributed by atoms with van der Waals surface area (Å²) >= 11 is 0. The molecule has 0 bridgehead atoms. The van der Waals surface area contributed by atoms with Gasteiger partial charge in [0, 0.05) is 12.8 Å². The van der Waals surface area contributed by atoms with E-state index in [1.165, 1.54) is 0 Å². The van der Waals surface area contributed by atoms with Gasteiger partial charge >= 0.3 is 0 Å². The zero-order chi connectivity index (χ0) is 19.9. The number of carbonyl (C=O) groups is 1. The number of aliphatic hydroxyl groups is 1. The van der Waals surface area contributed by atoms with Crippen molar-refractivity contribution in [3.8, 4) is 5.75 Å². The van der Waals surface area contributed by atoms with Gasteiger partial charge in [-0.3, -0.25) is 9.79 Å². The van der Waals surface area contributed by atoms with Crippen molar-refractivity contribution in [1.82, 2.24) is 0 Å². The molecule has 1 saturated carbocycles. The second kappa shape index (κ2) is 9.36. The summed E-state index contributed by atoms with van der Waals surface area (Å²) in [6, 6.07) is 17.5. The monoisotopic (exact) mass is 377 g/mol. The first-order valence-electron chi connectivity index (χ1n) is 9.84. The lowest BCUT2D eigenvalue weighted by molar-refractivity contribution is -0.115. The number of rotatable bonds is 6. The number of aliphatic hydroxyl groups excluding tert-OH is 1. The number of unbranched alkanes of at least 4 members (excludes halogenated alkanes) is 1. The molecule has 1 atom stereocenters. The summed E-state index contributed by atoms with van der Waals surface area (Å²) in [5, 5.41) is 10.6. The molecule has 3 rings (SSSR count). The van der Waals surface area contributed by atoms with Crippen LogP contribution in [0, 0.1) is 0 Å². The van der Waals surface area contributed by atoms with Gasteiger partial charge in [-0.2, -0.15) is 0 Å². The molecule has 0 saturated heterocycles. The van der Waals surface area contributed by atoms with E-state index in [9.17, 15) is 9.90 Å². The Bertz CT molecular complexity index is 866. The fourth-order valence-electron chi connectivity index (χ4n) is 3.57. The normalized spacial score (nSPS) is 20.3. The van der Waals surface area contributed by atoms with Crippen molar-refractivity contribution >= 4 is 17.2 Å². The minimum Gasteiger partial charge on any atom is -0.511 e. The molecule has 1 aliphatic carbocycles. The highest BCUT2D eigenvalue weighted by molar-refractivity contribution is 6.25. The number of carbonyl (C=O) groups excluding carboxylic acids is 1. The number of hydrogen-bond donors (Lipinski definition) is 1. The summed E-state index contributed by atoms with van der Waals surface area (Å²) in [5.41, 5.74) is 2.96. The van der Waals surface area contributed by atoms with Gasteiger partial charge < -0.3 is 9.84 Å². The molecule has 4 heteroatoms. The highest BCUT2D eigenvalue weighted by Crippen LogP contribution is 2.35. The lowest BCUT2D eigenvalue weighted by Gasteiger charge is -2.26. The fourth-order valence-corrected chi connectivity index (χ4v) is 3.57. The topological polar surface area (TPSA) is 58.9 Å². The maximum atomic E-state index is 13.0. The number of methoxy groups -OCH3 is 1. The number of nitrogens with zero attached hydrogens (tertiary/aromatic N) is 1. The molecule has 0 aromatic heterocycles. The number of ether oxygens (including phenoxy) is 1. The Kier molecular flexibility index (Phi) is 6.64. The van der Waals surface area contributed by atoms with Gasteiger partial charge in [-0.1, -0.05) is 43.7 Å². The largest absolute Gasteiger partial charge is 0.511 e. The summed E-state index contributed by atoms with van der Waals surface area (Å²) in [7, 11) is 1.62. The van der Waals surface area contributed by atoms with E-state index in [1.54, 1.807) is 7.11 Å². The van der Waals surface area contributed by atoms with Crippen LogP contribution >= 0.6 is 0 Å². The zero-order valence-corrected chi connectivity index (χ0v) is 16.5. The van der Waals surface area contributed by atoms with E-state index < -0.39 is 0 Å². The summed E-state index contributed by atoms with van der Waals surface area (Å²) < 4.78 is 5.20. The maximum Gasteiger partial charge on any atom is 0.168 e. The van der Waals surface area contributed by atoms with Crippen LogP contribution in [0.3, 0.4) is 0 Å². The molecule has 2 aromatic carbocycles. The molecule has 0 unspecified atom stereocenters. The standard InChI is InChI=1S/C24H27NO3/c1-3-4-10-22(26)24-21(25-19-11-13-20(28-2)14-12-19)15-18(16-23(24)27)17-8-6-5-7-9-17/h5-9,11-14,18,26H,3-4,10,15-16H2,1-2H3/t18-/m1/s1. The minimum absolute atomic E-state index is 0.0269. The van der Waals surface area contributed by atoms with E-state index in [0.717, 1.165) is 29.8 Å². The second-order valence-electron chi connectivity index (χ2n) is 7.12. The van der Waals surface area contributed by atoms with Crippen LogP contribution in [0.5, 0.6) is 5.75 Å². The molecule has 4 nitrogen and oxygen atoms in total. The third-order valence-corrected chi connectivity index (χ3v) is 5.10. The average Bonchev–Trinajstić information content (AvgIpc) is 2.73. The summed E-state index contributed by atoms with van der Waals surface area (Å²) in [4.78, 5) is 17.7. The van der Waals surface area contributed by atoms with E-state index in [2.05, 4.69) is 19.1 Å². The van der Waals surface area contributed by atoms with E-state index in [0.29, 0.717) is 30.5 Å². The zero-order valence-electron chi connectivity index (χ0n) is 16.5. The van der Waals surface area contributed by atoms with Crippen molar-refractivity contribution in [3.05, 3.63) is 71.5 Å². The van der Waals surface area contributed by atoms with Crippen molar-refractivity contribution in [2.45, 2.75) is 44.9 Å². The summed E-state index contributed by atoms with van der Waals surface area (Å²) in [5.74, 6) is 0.979. The minimum atomic E-state index is -0.0269. The molecule has 2 aromatic rings. The lowest BCUT2D eigenvalue weighted by atomic mass is 9.78. The first-order chi connectivity index (χ1) is 13.6. The Hall–Kier alpha value is -2.88. The Balaban J connectivity index is 1.99. The molecule has 146 valence electrons. The maximum absolute atomic E-state index is 13.0. The van der Waals surface area contributed by atoms with Crippen LogP contribution in [-0.2, 0) is 4.79 Å². The number of aliphatic imine (C=N–C) groups is 1. The molecule has 0 spiro atoms. The summed E-state index contributed by atoms with van der Waals surface area (Å²) in [6.45, 7) is 2.07. The quantitative estimate of drug-likeness (QED) is 0.502. The van der Waals surface area contributed by atoms with Crippen LogP contribution in [0.25, 0.3) is 0 Å². The van der Waals surface area contributed by atoms with Gasteiger partial charge in [-0.05, 0) is 48.6 Å². The van der Waals surface area contributed by atoms with Gasteiger partial charge in [0.15, 0.2) is 5.78 Å². The highest BCUT2D eigenvalue weighted by Gasteiger charge is 2.32. The molecule has 0 aliphatic heterocycles.